The third-order valence-corrected chi connectivity index (χ3v) is 3.16. The molecular formula is C13H21N3O3. The molecule has 19 heavy (non-hydrogen) atoms. The van der Waals surface area contributed by atoms with Gasteiger partial charge in [-0.05, 0) is 6.42 Å². The van der Waals surface area contributed by atoms with Gasteiger partial charge in [0.05, 0.1) is 26.0 Å². The van der Waals surface area contributed by atoms with E-state index in [1.165, 1.54) is 4.68 Å². The molecular weight excluding hydrogens is 246 g/mol. The number of ether oxygens (including phenoxy) is 2. The molecule has 106 valence electrons. The number of rotatable bonds is 5. The van der Waals surface area contributed by atoms with Gasteiger partial charge in [0.15, 0.2) is 5.75 Å². The minimum absolute atomic E-state index is 0.115. The van der Waals surface area contributed by atoms with Crippen LogP contribution in [0.1, 0.15) is 19.8 Å². The Labute approximate surface area is 112 Å². The van der Waals surface area contributed by atoms with Crippen LogP contribution < -0.4 is 15.2 Å². The van der Waals surface area contributed by atoms with Crippen molar-refractivity contribution in [3.63, 3.8) is 0 Å². The number of unbranched alkanes of at least 4 members (excludes halogenated alkanes) is 1. The largest absolute Gasteiger partial charge is 0.489 e. The van der Waals surface area contributed by atoms with Gasteiger partial charge in [0, 0.05) is 20.1 Å². The van der Waals surface area contributed by atoms with Gasteiger partial charge in [0.25, 0.3) is 5.56 Å². The summed E-state index contributed by atoms with van der Waals surface area (Å²) in [7, 11) is 1.65. The minimum Gasteiger partial charge on any atom is -0.489 e. The fraction of sp³-hybridized carbons (Fsp3) is 0.692. The van der Waals surface area contributed by atoms with Gasteiger partial charge >= 0.3 is 0 Å². The van der Waals surface area contributed by atoms with Gasteiger partial charge in [-0.2, -0.15) is 5.10 Å². The average molecular weight is 267 g/mol. The van der Waals surface area contributed by atoms with Gasteiger partial charge in [-0.15, -0.1) is 0 Å². The second kappa shape index (κ2) is 6.56. The molecule has 0 atom stereocenters. The summed E-state index contributed by atoms with van der Waals surface area (Å²) >= 11 is 0. The SMILES string of the molecule is CCCCOc1cnn(C)c(=O)c1N1CCOCC1. The lowest BCUT2D eigenvalue weighted by Crippen LogP contribution is -2.40. The van der Waals surface area contributed by atoms with Crippen molar-refractivity contribution < 1.29 is 9.47 Å². The quantitative estimate of drug-likeness (QED) is 0.738. The summed E-state index contributed by atoms with van der Waals surface area (Å²) in [6, 6.07) is 0. The van der Waals surface area contributed by atoms with Crippen LogP contribution in [0, 0.1) is 0 Å². The molecule has 1 aromatic rings. The summed E-state index contributed by atoms with van der Waals surface area (Å²) in [6.45, 7) is 5.42. The molecule has 6 nitrogen and oxygen atoms in total. The third-order valence-electron chi connectivity index (χ3n) is 3.16. The van der Waals surface area contributed by atoms with Crippen LogP contribution in [0.3, 0.4) is 0 Å². The Morgan fingerprint density at radius 3 is 2.84 bits per heavy atom. The van der Waals surface area contributed by atoms with E-state index in [0.29, 0.717) is 44.3 Å². The lowest BCUT2D eigenvalue weighted by atomic mass is 10.3. The molecule has 0 spiro atoms. The van der Waals surface area contributed by atoms with Gasteiger partial charge in [0.1, 0.15) is 5.69 Å². The van der Waals surface area contributed by atoms with Gasteiger partial charge in [-0.25, -0.2) is 4.68 Å². The molecule has 1 aliphatic rings. The molecule has 0 saturated carbocycles. The second-order valence-corrected chi connectivity index (χ2v) is 4.59. The molecule has 1 aliphatic heterocycles. The number of aryl methyl sites for hydroxylation is 1. The molecule has 6 heteroatoms. The molecule has 0 amide bonds. The second-order valence-electron chi connectivity index (χ2n) is 4.59. The molecule has 2 rings (SSSR count). The van der Waals surface area contributed by atoms with Gasteiger partial charge in [-0.3, -0.25) is 4.79 Å². The predicted octanol–water partition coefficient (Wildman–Crippen LogP) is 0.796. The summed E-state index contributed by atoms with van der Waals surface area (Å²) in [5.74, 6) is 0.582. The van der Waals surface area contributed by atoms with Crippen molar-refractivity contribution in [2.24, 2.45) is 7.05 Å². The Hall–Kier alpha value is -1.56. The molecule has 2 heterocycles. The molecule has 0 unspecified atom stereocenters. The highest BCUT2D eigenvalue weighted by Gasteiger charge is 2.20. The standard InChI is InChI=1S/C13H21N3O3/c1-3-4-7-19-11-10-14-15(2)13(17)12(11)16-5-8-18-9-6-16/h10H,3-9H2,1-2H3. The molecule has 1 fully saturated rings. The Bertz CT molecular complexity index is 467. The number of anilines is 1. The van der Waals surface area contributed by atoms with Crippen molar-refractivity contribution in [1.82, 2.24) is 9.78 Å². The predicted molar refractivity (Wildman–Crippen MR) is 72.9 cm³/mol. The van der Waals surface area contributed by atoms with Crippen LogP contribution in [-0.2, 0) is 11.8 Å². The van der Waals surface area contributed by atoms with Crippen LogP contribution >= 0.6 is 0 Å². The summed E-state index contributed by atoms with van der Waals surface area (Å²) in [6.07, 6.45) is 3.66. The smallest absolute Gasteiger partial charge is 0.293 e. The lowest BCUT2D eigenvalue weighted by Gasteiger charge is -2.29. The van der Waals surface area contributed by atoms with E-state index in [4.69, 9.17) is 9.47 Å². The van der Waals surface area contributed by atoms with E-state index in [1.807, 2.05) is 4.90 Å². The van der Waals surface area contributed by atoms with Crippen LogP contribution in [0.15, 0.2) is 11.0 Å². The van der Waals surface area contributed by atoms with E-state index in [2.05, 4.69) is 12.0 Å². The summed E-state index contributed by atoms with van der Waals surface area (Å²) in [4.78, 5) is 14.3. The molecule has 0 aliphatic carbocycles. The zero-order valence-corrected chi connectivity index (χ0v) is 11.6. The monoisotopic (exact) mass is 267 g/mol. The van der Waals surface area contributed by atoms with Gasteiger partial charge in [0.2, 0.25) is 0 Å². The van der Waals surface area contributed by atoms with E-state index >= 15 is 0 Å². The van der Waals surface area contributed by atoms with Crippen LogP contribution in [0.5, 0.6) is 5.75 Å². The van der Waals surface area contributed by atoms with Crippen molar-refractivity contribution in [3.05, 3.63) is 16.6 Å². The van der Waals surface area contributed by atoms with E-state index in [1.54, 1.807) is 13.2 Å². The maximum Gasteiger partial charge on any atom is 0.293 e. The van der Waals surface area contributed by atoms with E-state index in [-0.39, 0.29) is 5.56 Å². The maximum absolute atomic E-state index is 12.3. The van der Waals surface area contributed by atoms with E-state index in [9.17, 15) is 4.79 Å². The highest BCUT2D eigenvalue weighted by atomic mass is 16.5. The zero-order chi connectivity index (χ0) is 13.7. The number of morpholine rings is 1. The van der Waals surface area contributed by atoms with Crippen LogP contribution in [0.4, 0.5) is 5.69 Å². The van der Waals surface area contributed by atoms with Gasteiger partial charge in [-0.1, -0.05) is 13.3 Å². The van der Waals surface area contributed by atoms with Crippen LogP contribution in [-0.4, -0.2) is 42.7 Å². The summed E-state index contributed by atoms with van der Waals surface area (Å²) in [5, 5.41) is 4.03. The first-order valence-corrected chi connectivity index (χ1v) is 6.76. The van der Waals surface area contributed by atoms with Crippen molar-refractivity contribution in [2.75, 3.05) is 37.8 Å². The van der Waals surface area contributed by atoms with Crippen molar-refractivity contribution >= 4 is 5.69 Å². The molecule has 0 radical (unpaired) electrons. The third kappa shape index (κ3) is 3.26. The molecule has 1 aromatic heterocycles. The minimum atomic E-state index is -0.115. The Morgan fingerprint density at radius 2 is 2.16 bits per heavy atom. The number of hydrogen-bond acceptors (Lipinski definition) is 5. The Kier molecular flexibility index (Phi) is 4.79. The van der Waals surface area contributed by atoms with Crippen LogP contribution in [0.25, 0.3) is 0 Å². The fourth-order valence-corrected chi connectivity index (χ4v) is 2.02. The lowest BCUT2D eigenvalue weighted by molar-refractivity contribution is 0.122. The van der Waals surface area contributed by atoms with E-state index < -0.39 is 0 Å². The molecule has 0 bridgehead atoms. The first kappa shape index (κ1) is 13.9. The Balaban J connectivity index is 2.26. The van der Waals surface area contributed by atoms with Crippen molar-refractivity contribution in [1.29, 1.82) is 0 Å². The highest BCUT2D eigenvalue weighted by Crippen LogP contribution is 2.23. The van der Waals surface area contributed by atoms with Crippen molar-refractivity contribution in [3.8, 4) is 5.75 Å². The summed E-state index contributed by atoms with van der Waals surface area (Å²) < 4.78 is 12.4. The van der Waals surface area contributed by atoms with E-state index in [0.717, 1.165) is 12.8 Å². The Morgan fingerprint density at radius 1 is 1.42 bits per heavy atom. The molecule has 0 N–H and O–H groups in total. The molecule has 0 aromatic carbocycles. The highest BCUT2D eigenvalue weighted by molar-refractivity contribution is 5.56. The summed E-state index contributed by atoms with van der Waals surface area (Å²) in [5.41, 5.74) is 0.493. The molecule has 1 saturated heterocycles. The van der Waals surface area contributed by atoms with Crippen LogP contribution in [0.2, 0.25) is 0 Å². The van der Waals surface area contributed by atoms with Crippen molar-refractivity contribution in [2.45, 2.75) is 19.8 Å². The topological polar surface area (TPSA) is 56.6 Å². The first-order valence-electron chi connectivity index (χ1n) is 6.76. The first-order chi connectivity index (χ1) is 9.24. The maximum atomic E-state index is 12.3. The number of hydrogen-bond donors (Lipinski definition) is 0. The zero-order valence-electron chi connectivity index (χ0n) is 11.6. The van der Waals surface area contributed by atoms with Gasteiger partial charge < -0.3 is 14.4 Å². The number of aromatic nitrogens is 2. The number of nitrogens with zero attached hydrogens (tertiary/aromatic N) is 3. The fourth-order valence-electron chi connectivity index (χ4n) is 2.02. The normalized spacial score (nSPS) is 15.6. The average Bonchev–Trinajstić information content (AvgIpc) is 2.44.